The van der Waals surface area contributed by atoms with Crippen LogP contribution in [-0.2, 0) is 23.0 Å². The van der Waals surface area contributed by atoms with Gasteiger partial charge in [-0.2, -0.15) is 4.31 Å². The van der Waals surface area contributed by atoms with Crippen molar-refractivity contribution in [3.63, 3.8) is 0 Å². The van der Waals surface area contributed by atoms with E-state index in [1.807, 2.05) is 29.5 Å². The molecule has 156 valence electrons. The Morgan fingerprint density at radius 3 is 2.40 bits per heavy atom. The van der Waals surface area contributed by atoms with Crippen molar-refractivity contribution in [2.75, 3.05) is 19.6 Å². The second-order valence-electron chi connectivity index (χ2n) is 7.72. The molecule has 0 aliphatic carbocycles. The Morgan fingerprint density at radius 2 is 1.67 bits per heavy atom. The molecule has 2 aliphatic heterocycles. The third-order valence-electron chi connectivity index (χ3n) is 5.93. The summed E-state index contributed by atoms with van der Waals surface area (Å²) in [5.41, 5.74) is 3.19. The first-order chi connectivity index (χ1) is 14.4. The molecule has 2 aliphatic rings. The molecule has 1 aromatic heterocycles. The molecule has 3 heterocycles. The smallest absolute Gasteiger partial charge is 0.243 e. The lowest BCUT2D eigenvalue weighted by atomic mass is 10.0. The molecule has 0 bridgehead atoms. The van der Waals surface area contributed by atoms with E-state index < -0.39 is 10.0 Å². The zero-order valence-electron chi connectivity index (χ0n) is 16.1. The Bertz CT molecular complexity index is 1190. The van der Waals surface area contributed by atoms with E-state index in [9.17, 15) is 8.42 Å². The molecule has 30 heavy (non-hydrogen) atoms. The lowest BCUT2D eigenvalue weighted by molar-refractivity contribution is 0.0775. The number of benzene rings is 2. The van der Waals surface area contributed by atoms with Crippen LogP contribution in [-0.4, -0.2) is 43.3 Å². The van der Waals surface area contributed by atoms with Crippen molar-refractivity contribution in [1.82, 2.24) is 9.21 Å². The monoisotopic (exact) mass is 478 g/mol. The summed E-state index contributed by atoms with van der Waals surface area (Å²) in [6, 6.07) is 14.8. The molecule has 0 spiro atoms. The van der Waals surface area contributed by atoms with Crippen molar-refractivity contribution in [3.05, 3.63) is 74.4 Å². The maximum absolute atomic E-state index is 13.0. The van der Waals surface area contributed by atoms with E-state index in [1.165, 1.54) is 10.4 Å². The van der Waals surface area contributed by atoms with Crippen LogP contribution in [0.2, 0.25) is 10.0 Å². The predicted molar refractivity (Wildman–Crippen MR) is 123 cm³/mol. The number of hydrogen-bond donors (Lipinski definition) is 0. The number of halogens is 2. The fourth-order valence-corrected chi connectivity index (χ4v) is 6.77. The summed E-state index contributed by atoms with van der Waals surface area (Å²) in [7, 11) is -3.48. The van der Waals surface area contributed by atoms with E-state index in [0.29, 0.717) is 34.1 Å². The van der Waals surface area contributed by atoms with Crippen LogP contribution in [0.25, 0.3) is 11.1 Å². The van der Waals surface area contributed by atoms with Crippen LogP contribution < -0.4 is 0 Å². The summed E-state index contributed by atoms with van der Waals surface area (Å²) in [4.78, 5) is 4.20. The predicted octanol–water partition coefficient (Wildman–Crippen LogP) is 5.15. The van der Waals surface area contributed by atoms with Gasteiger partial charge in [0.05, 0.1) is 14.9 Å². The van der Waals surface area contributed by atoms with E-state index in [4.69, 9.17) is 23.2 Å². The van der Waals surface area contributed by atoms with Crippen LogP contribution in [0.3, 0.4) is 0 Å². The van der Waals surface area contributed by atoms with Crippen molar-refractivity contribution in [2.45, 2.75) is 23.9 Å². The van der Waals surface area contributed by atoms with E-state index in [0.717, 1.165) is 30.6 Å². The lowest BCUT2D eigenvalue weighted by Crippen LogP contribution is -2.61. The largest absolute Gasteiger partial charge is 0.293 e. The Kier molecular flexibility index (Phi) is 5.42. The number of hydrogen-bond acceptors (Lipinski definition) is 4. The molecule has 1 fully saturated rings. The normalized spacial score (nSPS) is 18.2. The van der Waals surface area contributed by atoms with Gasteiger partial charge in [-0.15, -0.1) is 11.3 Å². The summed E-state index contributed by atoms with van der Waals surface area (Å²) >= 11 is 13.9. The molecule has 0 radical (unpaired) electrons. The lowest BCUT2D eigenvalue weighted by Gasteiger charge is -2.45. The summed E-state index contributed by atoms with van der Waals surface area (Å²) in [6.07, 6.45) is 1.06. The van der Waals surface area contributed by atoms with Gasteiger partial charge in [0.2, 0.25) is 10.0 Å². The molecule has 0 N–H and O–H groups in total. The van der Waals surface area contributed by atoms with Crippen molar-refractivity contribution >= 4 is 44.6 Å². The van der Waals surface area contributed by atoms with Crippen molar-refractivity contribution < 1.29 is 8.42 Å². The standard InChI is InChI=1S/C22H20Cl2N2O2S2/c23-20-6-3-16(11-21(20)24)15-1-4-19(5-2-15)30(27,28)26-13-18(14-26)25-9-7-22-17(12-25)8-10-29-22/h1-6,8,10-11,18H,7,9,12-14H2. The van der Waals surface area contributed by atoms with Gasteiger partial charge < -0.3 is 0 Å². The highest BCUT2D eigenvalue weighted by Gasteiger charge is 2.40. The minimum absolute atomic E-state index is 0.295. The maximum Gasteiger partial charge on any atom is 0.243 e. The second kappa shape index (κ2) is 7.93. The molecular weight excluding hydrogens is 459 g/mol. The number of thiophene rings is 1. The van der Waals surface area contributed by atoms with Crippen LogP contribution in [0.4, 0.5) is 0 Å². The first-order valence-corrected chi connectivity index (χ1v) is 12.8. The molecule has 0 unspecified atom stereocenters. The van der Waals surface area contributed by atoms with Gasteiger partial charge in [-0.3, -0.25) is 4.90 Å². The van der Waals surface area contributed by atoms with Gasteiger partial charge in [-0.1, -0.05) is 41.4 Å². The van der Waals surface area contributed by atoms with Gasteiger partial charge in [0.1, 0.15) is 0 Å². The molecular formula is C22H20Cl2N2O2S2. The first kappa shape index (κ1) is 20.5. The van der Waals surface area contributed by atoms with Crippen molar-refractivity contribution in [3.8, 4) is 11.1 Å². The minimum Gasteiger partial charge on any atom is -0.293 e. The van der Waals surface area contributed by atoms with Crippen LogP contribution >= 0.6 is 34.5 Å². The minimum atomic E-state index is -3.48. The molecule has 0 atom stereocenters. The highest BCUT2D eigenvalue weighted by molar-refractivity contribution is 7.89. The van der Waals surface area contributed by atoms with Gasteiger partial charge in [0.25, 0.3) is 0 Å². The number of rotatable bonds is 4. The molecule has 8 heteroatoms. The fourth-order valence-electron chi connectivity index (χ4n) is 4.07. The fraction of sp³-hybridized carbons (Fsp3) is 0.273. The first-order valence-electron chi connectivity index (χ1n) is 9.77. The Morgan fingerprint density at radius 1 is 0.933 bits per heavy atom. The quantitative estimate of drug-likeness (QED) is 0.520. The van der Waals surface area contributed by atoms with Crippen LogP contribution in [0, 0.1) is 0 Å². The van der Waals surface area contributed by atoms with E-state index >= 15 is 0 Å². The maximum atomic E-state index is 13.0. The van der Waals surface area contributed by atoms with Gasteiger partial charge in [-0.05, 0) is 58.8 Å². The van der Waals surface area contributed by atoms with Gasteiger partial charge >= 0.3 is 0 Å². The summed E-state index contributed by atoms with van der Waals surface area (Å²) in [6.45, 7) is 3.03. The molecule has 5 rings (SSSR count). The molecule has 4 nitrogen and oxygen atoms in total. The third-order valence-corrected chi connectivity index (χ3v) is 9.54. The average molecular weight is 479 g/mol. The Labute approximate surface area is 190 Å². The SMILES string of the molecule is O=S(=O)(c1ccc(-c2ccc(Cl)c(Cl)c2)cc1)N1CC(N2CCc3sccc3C2)C1. The van der Waals surface area contributed by atoms with Crippen LogP contribution in [0.15, 0.2) is 58.8 Å². The van der Waals surface area contributed by atoms with E-state index in [1.54, 1.807) is 28.6 Å². The molecule has 0 saturated carbocycles. The topological polar surface area (TPSA) is 40.6 Å². The molecule has 0 amide bonds. The van der Waals surface area contributed by atoms with Gasteiger partial charge in [0, 0.05) is 37.1 Å². The highest BCUT2D eigenvalue weighted by atomic mass is 35.5. The number of nitrogens with zero attached hydrogens (tertiary/aromatic N) is 2. The second-order valence-corrected chi connectivity index (χ2v) is 11.5. The summed E-state index contributed by atoms with van der Waals surface area (Å²) in [5, 5.41) is 3.12. The van der Waals surface area contributed by atoms with Crippen LogP contribution in [0.5, 0.6) is 0 Å². The third kappa shape index (κ3) is 3.70. The summed E-state index contributed by atoms with van der Waals surface area (Å²) in [5.74, 6) is 0. The van der Waals surface area contributed by atoms with Crippen LogP contribution in [0.1, 0.15) is 10.4 Å². The number of fused-ring (bicyclic) bond motifs is 1. The zero-order chi connectivity index (χ0) is 20.9. The van der Waals surface area contributed by atoms with Gasteiger partial charge in [0.15, 0.2) is 0 Å². The molecule has 2 aromatic carbocycles. The van der Waals surface area contributed by atoms with Crippen molar-refractivity contribution in [2.24, 2.45) is 0 Å². The average Bonchev–Trinajstić information content (AvgIpc) is 3.17. The van der Waals surface area contributed by atoms with Gasteiger partial charge in [-0.25, -0.2) is 8.42 Å². The Hall–Kier alpha value is -1.41. The van der Waals surface area contributed by atoms with E-state index in [2.05, 4.69) is 16.3 Å². The Balaban J connectivity index is 1.26. The van der Waals surface area contributed by atoms with E-state index in [-0.39, 0.29) is 0 Å². The number of sulfonamides is 1. The molecule has 1 saturated heterocycles. The molecule has 3 aromatic rings. The highest BCUT2D eigenvalue weighted by Crippen LogP contribution is 2.32. The van der Waals surface area contributed by atoms with Crippen molar-refractivity contribution in [1.29, 1.82) is 0 Å². The summed E-state index contributed by atoms with van der Waals surface area (Å²) < 4.78 is 27.6. The zero-order valence-corrected chi connectivity index (χ0v) is 19.2.